The highest BCUT2D eigenvalue weighted by Crippen LogP contribution is 2.24. The lowest BCUT2D eigenvalue weighted by Crippen LogP contribution is -2.32. The van der Waals surface area contributed by atoms with Crippen LogP contribution in [0.4, 0.5) is 0 Å². The topological polar surface area (TPSA) is 29.5 Å². The lowest BCUT2D eigenvalue weighted by molar-refractivity contribution is -0.148. The van der Waals surface area contributed by atoms with Gasteiger partial charge in [-0.3, -0.25) is 4.79 Å². The Hall–Kier alpha value is -1.17. The average molecular weight is 550 g/mol. The number of rotatable bonds is 25. The molecule has 3 nitrogen and oxygen atoms in total. The lowest BCUT2D eigenvalue weighted by Gasteiger charge is -2.21. The number of ether oxygens (including phenoxy) is 1. The molecule has 0 fully saturated rings. The van der Waals surface area contributed by atoms with E-state index in [1.54, 1.807) is 0 Å². The summed E-state index contributed by atoms with van der Waals surface area (Å²) in [5, 5.41) is 0. The van der Waals surface area contributed by atoms with Crippen LogP contribution in [0.25, 0.3) is 0 Å². The van der Waals surface area contributed by atoms with Crippen molar-refractivity contribution in [3.05, 3.63) is 60.8 Å². The number of esters is 1. The highest BCUT2D eigenvalue weighted by atomic mass is 33.1. The Kier molecular flexibility index (Phi) is 28.5. The molecule has 0 saturated heterocycles. The molecule has 0 N–H and O–H groups in total. The number of unbranched alkanes of at least 4 members (excludes halogenated alkanes) is 5. The summed E-state index contributed by atoms with van der Waals surface area (Å²) in [5.41, 5.74) is 0. The van der Waals surface area contributed by atoms with Crippen LogP contribution in [0.3, 0.4) is 0 Å². The smallest absolute Gasteiger partial charge is 0.306 e. The Labute approximate surface area is 237 Å². The van der Waals surface area contributed by atoms with Gasteiger partial charge in [-0.1, -0.05) is 109 Å². The molecule has 0 bridgehead atoms. The number of allylic oxidation sites excluding steroid dienone is 10. The molecule has 1 unspecified atom stereocenters. The highest BCUT2D eigenvalue weighted by molar-refractivity contribution is 8.76. The van der Waals surface area contributed by atoms with Crippen LogP contribution in [0.15, 0.2) is 60.8 Å². The third kappa shape index (κ3) is 29.2. The first-order chi connectivity index (χ1) is 18.1. The quantitative estimate of drug-likeness (QED) is 0.0489. The summed E-state index contributed by atoms with van der Waals surface area (Å²) < 4.78 is 5.79. The van der Waals surface area contributed by atoms with E-state index in [4.69, 9.17) is 4.74 Å². The number of carbonyl (C=O) groups is 1. The number of hydrogen-bond acceptors (Lipinski definition) is 5. The van der Waals surface area contributed by atoms with E-state index in [1.165, 1.54) is 32.1 Å². The number of carbonyl (C=O) groups excluding carboxylic acids is 1. The molecule has 0 aromatic carbocycles. The zero-order valence-electron chi connectivity index (χ0n) is 24.2. The molecule has 0 aliphatic rings. The molecule has 0 radical (unpaired) electrons. The fourth-order valence-corrected chi connectivity index (χ4v) is 5.70. The molecule has 212 valence electrons. The first kappa shape index (κ1) is 35.8. The minimum absolute atomic E-state index is 0.0496. The van der Waals surface area contributed by atoms with Crippen LogP contribution < -0.4 is 0 Å². The van der Waals surface area contributed by atoms with Crippen molar-refractivity contribution in [3.63, 3.8) is 0 Å². The van der Waals surface area contributed by atoms with Crippen molar-refractivity contribution >= 4 is 27.6 Å². The average Bonchev–Trinajstić information content (AvgIpc) is 2.87. The number of nitrogens with zero attached hydrogens (tertiary/aromatic N) is 1. The van der Waals surface area contributed by atoms with Gasteiger partial charge in [-0.05, 0) is 78.3 Å². The summed E-state index contributed by atoms with van der Waals surface area (Å²) in [6.07, 6.45) is 36.1. The van der Waals surface area contributed by atoms with Gasteiger partial charge < -0.3 is 9.64 Å². The molecule has 0 aromatic heterocycles. The molecule has 1 atom stereocenters. The standard InChI is InChI=1S/C32H55NO2S2/c1-5-7-9-11-13-15-17-19-21-23-25-27-32(34)35-31(29-33(3)4)30-37-36-28-26-24-22-20-18-16-14-12-10-8-6-2/h7,9,13-16,19-22,31H,5-6,8,10-12,17-18,23-30H2,1-4H3/b9-7+,15-13+,16-14+,21-19+,22-20+. The Morgan fingerprint density at radius 3 is 1.89 bits per heavy atom. The minimum Gasteiger partial charge on any atom is -0.460 e. The minimum atomic E-state index is -0.0713. The van der Waals surface area contributed by atoms with Gasteiger partial charge in [-0.2, -0.15) is 0 Å². The fraction of sp³-hybridized carbons (Fsp3) is 0.656. The van der Waals surface area contributed by atoms with E-state index in [1.807, 2.05) is 35.7 Å². The first-order valence-electron chi connectivity index (χ1n) is 14.4. The van der Waals surface area contributed by atoms with Crippen LogP contribution in [0, 0.1) is 0 Å². The SMILES string of the molecule is CC/C=C/C/C=C/C/C=C/CCCC(=O)OC(CSSCCC/C=C/C/C=C/CCCCC)CN(C)C. The summed E-state index contributed by atoms with van der Waals surface area (Å²) in [6, 6.07) is 0. The Morgan fingerprint density at radius 2 is 1.30 bits per heavy atom. The van der Waals surface area contributed by atoms with Crippen LogP contribution >= 0.6 is 21.6 Å². The summed E-state index contributed by atoms with van der Waals surface area (Å²) >= 11 is 0. The van der Waals surface area contributed by atoms with Crippen molar-refractivity contribution in [2.24, 2.45) is 0 Å². The van der Waals surface area contributed by atoms with E-state index in [9.17, 15) is 4.79 Å². The van der Waals surface area contributed by atoms with Crippen molar-refractivity contribution in [2.45, 2.75) is 103 Å². The van der Waals surface area contributed by atoms with E-state index in [0.717, 1.165) is 63.0 Å². The van der Waals surface area contributed by atoms with Gasteiger partial charge in [-0.15, -0.1) is 0 Å². The second-order valence-corrected chi connectivity index (χ2v) is 12.1. The van der Waals surface area contributed by atoms with E-state index in [2.05, 4.69) is 79.5 Å². The summed E-state index contributed by atoms with van der Waals surface area (Å²) in [6.45, 7) is 5.17. The van der Waals surface area contributed by atoms with Crippen molar-refractivity contribution < 1.29 is 9.53 Å². The molecule has 0 aromatic rings. The van der Waals surface area contributed by atoms with Gasteiger partial charge in [-0.25, -0.2) is 0 Å². The molecule has 0 saturated carbocycles. The normalized spacial score (nSPS) is 13.4. The van der Waals surface area contributed by atoms with E-state index in [-0.39, 0.29) is 12.1 Å². The van der Waals surface area contributed by atoms with Gasteiger partial charge >= 0.3 is 5.97 Å². The lowest BCUT2D eigenvalue weighted by atomic mass is 10.2. The Morgan fingerprint density at radius 1 is 0.730 bits per heavy atom. The second kappa shape index (κ2) is 29.4. The van der Waals surface area contributed by atoms with Crippen LogP contribution in [0.5, 0.6) is 0 Å². The van der Waals surface area contributed by atoms with Gasteiger partial charge in [0.25, 0.3) is 0 Å². The Bertz CT molecular complexity index is 653. The molecule has 0 heterocycles. The van der Waals surface area contributed by atoms with Crippen molar-refractivity contribution in [3.8, 4) is 0 Å². The van der Waals surface area contributed by atoms with E-state index in [0.29, 0.717) is 6.42 Å². The number of likely N-dealkylation sites (N-methyl/N-ethyl adjacent to an activating group) is 1. The maximum Gasteiger partial charge on any atom is 0.306 e. The van der Waals surface area contributed by atoms with Gasteiger partial charge in [0.1, 0.15) is 6.10 Å². The molecular formula is C32H55NO2S2. The van der Waals surface area contributed by atoms with Gasteiger partial charge in [0.05, 0.1) is 0 Å². The molecule has 5 heteroatoms. The summed E-state index contributed by atoms with van der Waals surface area (Å²) in [7, 11) is 7.78. The number of hydrogen-bond donors (Lipinski definition) is 0. The van der Waals surface area contributed by atoms with Gasteiger partial charge in [0.2, 0.25) is 0 Å². The molecular weight excluding hydrogens is 494 g/mol. The molecule has 0 spiro atoms. The van der Waals surface area contributed by atoms with Crippen molar-refractivity contribution in [1.82, 2.24) is 4.90 Å². The predicted molar refractivity (Wildman–Crippen MR) is 170 cm³/mol. The van der Waals surface area contributed by atoms with Gasteiger partial charge in [0.15, 0.2) is 0 Å². The third-order valence-electron chi connectivity index (χ3n) is 5.41. The molecule has 0 aliphatic carbocycles. The fourth-order valence-electron chi connectivity index (χ4n) is 3.43. The molecule has 37 heavy (non-hydrogen) atoms. The van der Waals surface area contributed by atoms with Crippen LogP contribution in [0.2, 0.25) is 0 Å². The van der Waals surface area contributed by atoms with Crippen LogP contribution in [-0.4, -0.2) is 49.1 Å². The maximum atomic E-state index is 12.3. The summed E-state index contributed by atoms with van der Waals surface area (Å²) in [4.78, 5) is 14.4. The highest BCUT2D eigenvalue weighted by Gasteiger charge is 2.15. The molecule has 0 rings (SSSR count). The predicted octanol–water partition coefficient (Wildman–Crippen LogP) is 9.73. The third-order valence-corrected chi connectivity index (χ3v) is 7.95. The van der Waals surface area contributed by atoms with Crippen LogP contribution in [-0.2, 0) is 9.53 Å². The maximum absolute atomic E-state index is 12.3. The summed E-state index contributed by atoms with van der Waals surface area (Å²) in [5.74, 6) is 1.90. The van der Waals surface area contributed by atoms with Crippen LogP contribution in [0.1, 0.15) is 97.3 Å². The second-order valence-electron chi connectivity index (χ2n) is 9.48. The first-order valence-corrected chi connectivity index (χ1v) is 16.9. The largest absolute Gasteiger partial charge is 0.460 e. The van der Waals surface area contributed by atoms with E-state index >= 15 is 0 Å². The zero-order valence-corrected chi connectivity index (χ0v) is 25.9. The molecule has 0 amide bonds. The van der Waals surface area contributed by atoms with Crippen molar-refractivity contribution in [2.75, 3.05) is 32.1 Å². The molecule has 0 aliphatic heterocycles. The monoisotopic (exact) mass is 549 g/mol. The Balaban J connectivity index is 3.90. The van der Waals surface area contributed by atoms with E-state index < -0.39 is 0 Å². The van der Waals surface area contributed by atoms with Crippen molar-refractivity contribution in [1.29, 1.82) is 0 Å². The zero-order chi connectivity index (χ0) is 27.2. The van der Waals surface area contributed by atoms with Gasteiger partial charge in [0, 0.05) is 24.5 Å².